The largest absolute Gasteiger partial charge is 0.392 e. The molecule has 1 aromatic rings. The Balaban J connectivity index is 2.04. The lowest BCUT2D eigenvalue weighted by molar-refractivity contribution is 0.0458. The predicted molar refractivity (Wildman–Crippen MR) is 71.8 cm³/mol. The second-order valence-corrected chi connectivity index (χ2v) is 5.62. The second-order valence-electron chi connectivity index (χ2n) is 5.62. The molecule has 0 spiro atoms. The zero-order valence-electron chi connectivity index (χ0n) is 11.4. The molecule has 106 valence electrons. The Hall–Kier alpha value is -0.960. The summed E-state index contributed by atoms with van der Waals surface area (Å²) in [7, 11) is 0. The van der Waals surface area contributed by atoms with Gasteiger partial charge >= 0.3 is 0 Å². The van der Waals surface area contributed by atoms with E-state index in [-0.39, 0.29) is 12.3 Å². The van der Waals surface area contributed by atoms with Gasteiger partial charge in [0.25, 0.3) is 0 Å². The van der Waals surface area contributed by atoms with Crippen molar-refractivity contribution in [3.05, 3.63) is 35.4 Å². The van der Waals surface area contributed by atoms with Gasteiger partial charge in [0.15, 0.2) is 0 Å². The Bertz CT molecular complexity index is 419. The monoisotopic (exact) mass is 268 g/mol. The van der Waals surface area contributed by atoms with Crippen molar-refractivity contribution in [1.82, 2.24) is 0 Å². The third kappa shape index (κ3) is 3.53. The van der Waals surface area contributed by atoms with Gasteiger partial charge in [0, 0.05) is 12.5 Å². The normalized spacial score (nSPS) is 25.3. The fraction of sp³-hybridized carbons (Fsp3) is 0.625. The third-order valence-electron chi connectivity index (χ3n) is 4.43. The van der Waals surface area contributed by atoms with Crippen LogP contribution >= 0.6 is 0 Å². The molecule has 0 amide bonds. The Morgan fingerprint density at radius 2 is 2.00 bits per heavy atom. The van der Waals surface area contributed by atoms with Crippen molar-refractivity contribution in [2.75, 3.05) is 0 Å². The first kappa shape index (κ1) is 14.4. The van der Waals surface area contributed by atoms with Gasteiger partial charge in [-0.3, -0.25) is 0 Å². The fourth-order valence-corrected chi connectivity index (χ4v) is 3.31. The Kier molecular flexibility index (Phi) is 4.92. The number of aliphatic hydroxyl groups is 1. The van der Waals surface area contributed by atoms with Crippen molar-refractivity contribution in [1.29, 1.82) is 0 Å². The number of benzene rings is 1. The van der Waals surface area contributed by atoms with E-state index >= 15 is 0 Å². The van der Waals surface area contributed by atoms with E-state index in [2.05, 4.69) is 6.92 Å². The van der Waals surface area contributed by atoms with Crippen LogP contribution in [0.25, 0.3) is 0 Å². The molecule has 0 saturated heterocycles. The quantitative estimate of drug-likeness (QED) is 0.872. The van der Waals surface area contributed by atoms with Gasteiger partial charge in [0.05, 0.1) is 6.10 Å². The van der Waals surface area contributed by atoms with E-state index in [4.69, 9.17) is 0 Å². The molecule has 0 aliphatic heterocycles. The van der Waals surface area contributed by atoms with E-state index in [1.165, 1.54) is 18.6 Å². The number of rotatable bonds is 4. The van der Waals surface area contributed by atoms with Crippen LogP contribution in [0.2, 0.25) is 0 Å². The van der Waals surface area contributed by atoms with Crippen molar-refractivity contribution in [2.24, 2.45) is 11.8 Å². The van der Waals surface area contributed by atoms with Crippen molar-refractivity contribution < 1.29 is 13.9 Å². The summed E-state index contributed by atoms with van der Waals surface area (Å²) >= 11 is 0. The molecule has 1 saturated carbocycles. The zero-order chi connectivity index (χ0) is 13.8. The van der Waals surface area contributed by atoms with Gasteiger partial charge in [-0.2, -0.15) is 0 Å². The Morgan fingerprint density at radius 3 is 2.68 bits per heavy atom. The van der Waals surface area contributed by atoms with E-state index in [9.17, 15) is 13.9 Å². The van der Waals surface area contributed by atoms with Crippen LogP contribution in [0.5, 0.6) is 0 Å². The molecule has 1 fully saturated rings. The van der Waals surface area contributed by atoms with Crippen LogP contribution in [-0.2, 0) is 6.42 Å². The summed E-state index contributed by atoms with van der Waals surface area (Å²) in [6.45, 7) is 2.15. The third-order valence-corrected chi connectivity index (χ3v) is 4.43. The van der Waals surface area contributed by atoms with Gasteiger partial charge in [0.2, 0.25) is 0 Å². The van der Waals surface area contributed by atoms with Crippen molar-refractivity contribution in [3.8, 4) is 0 Å². The van der Waals surface area contributed by atoms with Gasteiger partial charge in [-0.1, -0.05) is 38.7 Å². The van der Waals surface area contributed by atoms with E-state index in [1.807, 2.05) is 0 Å². The summed E-state index contributed by atoms with van der Waals surface area (Å²) in [4.78, 5) is 0. The maximum atomic E-state index is 13.6. The highest BCUT2D eigenvalue weighted by atomic mass is 19.1. The van der Waals surface area contributed by atoms with E-state index in [0.29, 0.717) is 11.5 Å². The molecular formula is C16H22F2O. The summed E-state index contributed by atoms with van der Waals surface area (Å²) in [6.07, 6.45) is 5.37. The first-order valence-electron chi connectivity index (χ1n) is 7.23. The molecule has 1 aliphatic carbocycles. The summed E-state index contributed by atoms with van der Waals surface area (Å²) in [5.41, 5.74) is 0.411. The van der Waals surface area contributed by atoms with Crippen LogP contribution in [0, 0.1) is 23.5 Å². The van der Waals surface area contributed by atoms with E-state index in [0.717, 1.165) is 31.7 Å². The molecular weight excluding hydrogens is 246 g/mol. The van der Waals surface area contributed by atoms with Crippen LogP contribution in [0.15, 0.2) is 18.2 Å². The number of hydrogen-bond acceptors (Lipinski definition) is 1. The van der Waals surface area contributed by atoms with Crippen LogP contribution in [-0.4, -0.2) is 11.2 Å². The molecule has 0 bridgehead atoms. The minimum absolute atomic E-state index is 0.253. The average Bonchev–Trinajstić information content (AvgIpc) is 2.41. The molecule has 0 heterocycles. The molecule has 0 radical (unpaired) electrons. The predicted octanol–water partition coefficient (Wildman–Crippen LogP) is 4.08. The lowest BCUT2D eigenvalue weighted by atomic mass is 9.74. The minimum Gasteiger partial charge on any atom is -0.392 e. The highest BCUT2D eigenvalue weighted by molar-refractivity contribution is 5.19. The van der Waals surface area contributed by atoms with E-state index in [1.54, 1.807) is 0 Å². The molecule has 19 heavy (non-hydrogen) atoms. The molecule has 2 rings (SSSR count). The van der Waals surface area contributed by atoms with Crippen LogP contribution in [0.3, 0.4) is 0 Å². The van der Waals surface area contributed by atoms with Crippen molar-refractivity contribution >= 4 is 0 Å². The first-order chi connectivity index (χ1) is 9.11. The summed E-state index contributed by atoms with van der Waals surface area (Å²) in [6, 6.07) is 3.58. The molecule has 1 aromatic carbocycles. The molecule has 3 heteroatoms. The molecule has 3 atom stereocenters. The maximum absolute atomic E-state index is 13.6. The van der Waals surface area contributed by atoms with Crippen LogP contribution in [0.1, 0.15) is 44.6 Å². The first-order valence-corrected chi connectivity index (χ1v) is 7.23. The second kappa shape index (κ2) is 6.47. The molecule has 1 nitrogen and oxygen atoms in total. The fourth-order valence-electron chi connectivity index (χ4n) is 3.31. The lowest BCUT2D eigenvalue weighted by Crippen LogP contribution is -2.32. The minimum atomic E-state index is -0.570. The standard InChI is InChI=1S/C16H22F2O/c1-2-11-5-3-4-6-14(11)16(19)9-12-7-8-13(17)10-15(12)18/h7-8,10-11,14,16,19H,2-6,9H2,1H3. The smallest absolute Gasteiger partial charge is 0.129 e. The topological polar surface area (TPSA) is 20.2 Å². The van der Waals surface area contributed by atoms with Gasteiger partial charge in [-0.15, -0.1) is 0 Å². The van der Waals surface area contributed by atoms with Crippen LogP contribution in [0.4, 0.5) is 8.78 Å². The number of hydrogen-bond donors (Lipinski definition) is 1. The van der Waals surface area contributed by atoms with Gasteiger partial charge in [-0.05, 0) is 29.9 Å². The van der Waals surface area contributed by atoms with Gasteiger partial charge in [-0.25, -0.2) is 8.78 Å². The Morgan fingerprint density at radius 1 is 1.26 bits per heavy atom. The van der Waals surface area contributed by atoms with Crippen molar-refractivity contribution in [2.45, 2.75) is 51.6 Å². The highest BCUT2D eigenvalue weighted by Gasteiger charge is 2.30. The van der Waals surface area contributed by atoms with Crippen LogP contribution < -0.4 is 0 Å². The van der Waals surface area contributed by atoms with Gasteiger partial charge in [0.1, 0.15) is 11.6 Å². The number of halogens is 2. The Labute approximate surface area is 113 Å². The highest BCUT2D eigenvalue weighted by Crippen LogP contribution is 2.35. The number of aliphatic hydroxyl groups excluding tert-OH is 1. The molecule has 1 N–H and O–H groups in total. The van der Waals surface area contributed by atoms with Gasteiger partial charge < -0.3 is 5.11 Å². The molecule has 0 aromatic heterocycles. The SMILES string of the molecule is CCC1CCCCC1C(O)Cc1ccc(F)cc1F. The lowest BCUT2D eigenvalue weighted by Gasteiger charge is -2.34. The molecule has 3 unspecified atom stereocenters. The average molecular weight is 268 g/mol. The van der Waals surface area contributed by atoms with E-state index < -0.39 is 17.7 Å². The summed E-state index contributed by atoms with van der Waals surface area (Å²) in [5.74, 6) is -0.335. The molecule has 1 aliphatic rings. The summed E-state index contributed by atoms with van der Waals surface area (Å²) in [5, 5.41) is 10.4. The summed E-state index contributed by atoms with van der Waals surface area (Å²) < 4.78 is 26.5. The van der Waals surface area contributed by atoms with Crippen molar-refractivity contribution in [3.63, 3.8) is 0 Å². The zero-order valence-corrected chi connectivity index (χ0v) is 11.4. The maximum Gasteiger partial charge on any atom is 0.129 e.